The number of aliphatic hydroxyl groups is 2. The Morgan fingerprint density at radius 1 is 1.05 bits per heavy atom. The molecule has 8 heteroatoms. The van der Waals surface area contributed by atoms with Crippen molar-refractivity contribution in [1.82, 2.24) is 9.80 Å². The predicted molar refractivity (Wildman–Crippen MR) is 146 cm³/mol. The second-order valence-electron chi connectivity index (χ2n) is 10.6. The Kier molecular flexibility index (Phi) is 9.88. The number of benzene rings is 2. The third kappa shape index (κ3) is 7.62. The van der Waals surface area contributed by atoms with E-state index >= 15 is 0 Å². The van der Waals surface area contributed by atoms with Gasteiger partial charge in [0.05, 0.1) is 19.8 Å². The number of rotatable bonds is 11. The van der Waals surface area contributed by atoms with Crippen molar-refractivity contribution in [3.05, 3.63) is 53.6 Å². The van der Waals surface area contributed by atoms with Crippen molar-refractivity contribution in [3.8, 4) is 17.2 Å². The lowest BCUT2D eigenvalue weighted by molar-refractivity contribution is -0.140. The summed E-state index contributed by atoms with van der Waals surface area (Å²) >= 11 is 0. The number of carbonyl (C=O) groups excluding carboxylic acids is 1. The maximum atomic E-state index is 12.2. The zero-order valence-electron chi connectivity index (χ0n) is 22.7. The molecule has 0 aromatic heterocycles. The smallest absolute Gasteiger partial charge is 0.222 e. The summed E-state index contributed by atoms with van der Waals surface area (Å²) in [4.78, 5) is 16.3. The molecule has 0 radical (unpaired) electrons. The van der Waals surface area contributed by atoms with E-state index in [1.807, 2.05) is 54.3 Å². The minimum Gasteiger partial charge on any atom is -0.493 e. The van der Waals surface area contributed by atoms with Crippen molar-refractivity contribution in [3.63, 3.8) is 0 Å². The molecule has 2 aliphatic rings. The Labute approximate surface area is 226 Å². The highest BCUT2D eigenvalue weighted by Gasteiger charge is 2.42. The van der Waals surface area contributed by atoms with Crippen molar-refractivity contribution in [2.75, 3.05) is 46.5 Å². The summed E-state index contributed by atoms with van der Waals surface area (Å²) < 4.78 is 17.4. The number of aliphatic hydroxyl groups excluding tert-OH is 1. The number of nitrogens with zero attached hydrogens (tertiary/aromatic N) is 2. The quantitative estimate of drug-likeness (QED) is 0.433. The van der Waals surface area contributed by atoms with E-state index in [-0.39, 0.29) is 12.5 Å². The number of hydrogen-bond donors (Lipinski definition) is 2. The molecule has 0 saturated carbocycles. The molecule has 0 bridgehead atoms. The van der Waals surface area contributed by atoms with Crippen molar-refractivity contribution in [2.45, 2.75) is 63.7 Å². The molecule has 2 atom stereocenters. The first-order valence-electron chi connectivity index (χ1n) is 13.8. The Morgan fingerprint density at radius 3 is 2.74 bits per heavy atom. The van der Waals surface area contributed by atoms with E-state index in [2.05, 4.69) is 4.90 Å². The second kappa shape index (κ2) is 13.3. The van der Waals surface area contributed by atoms with E-state index in [0.29, 0.717) is 56.3 Å². The summed E-state index contributed by atoms with van der Waals surface area (Å²) in [5.41, 5.74) is 0.751. The van der Waals surface area contributed by atoms with Crippen LogP contribution >= 0.6 is 0 Å². The monoisotopic (exact) mass is 526 g/mol. The van der Waals surface area contributed by atoms with E-state index in [1.54, 1.807) is 7.11 Å². The van der Waals surface area contributed by atoms with E-state index in [1.165, 1.54) is 0 Å². The summed E-state index contributed by atoms with van der Waals surface area (Å²) in [6, 6.07) is 13.5. The van der Waals surface area contributed by atoms with Crippen molar-refractivity contribution in [1.29, 1.82) is 0 Å². The molecule has 2 heterocycles. The van der Waals surface area contributed by atoms with E-state index in [9.17, 15) is 15.0 Å². The molecule has 0 spiro atoms. The van der Waals surface area contributed by atoms with Crippen molar-refractivity contribution in [2.24, 2.45) is 0 Å². The molecule has 2 aliphatic heterocycles. The molecule has 2 fully saturated rings. The molecule has 2 saturated heterocycles. The van der Waals surface area contributed by atoms with Gasteiger partial charge in [0.15, 0.2) is 11.5 Å². The molecule has 2 aromatic carbocycles. The molecule has 1 amide bonds. The first-order valence-corrected chi connectivity index (χ1v) is 13.8. The van der Waals surface area contributed by atoms with Gasteiger partial charge in [0, 0.05) is 39.1 Å². The van der Waals surface area contributed by atoms with E-state index in [4.69, 9.17) is 14.2 Å². The van der Waals surface area contributed by atoms with Gasteiger partial charge in [0.2, 0.25) is 5.91 Å². The van der Waals surface area contributed by atoms with Crippen LogP contribution in [0.15, 0.2) is 42.5 Å². The summed E-state index contributed by atoms with van der Waals surface area (Å²) in [5.74, 6) is 2.27. The van der Waals surface area contributed by atoms with Crippen LogP contribution in [0.2, 0.25) is 0 Å². The molecule has 2 N–H and O–H groups in total. The Morgan fingerprint density at radius 2 is 1.92 bits per heavy atom. The maximum Gasteiger partial charge on any atom is 0.222 e. The number of amides is 1. The van der Waals surface area contributed by atoms with E-state index < -0.39 is 11.7 Å². The normalized spacial score (nSPS) is 22.7. The van der Waals surface area contributed by atoms with Crippen LogP contribution in [0.4, 0.5) is 0 Å². The number of aryl methyl sites for hydroxylation is 1. The summed E-state index contributed by atoms with van der Waals surface area (Å²) in [6.45, 7) is 5.66. The fourth-order valence-electron chi connectivity index (χ4n) is 5.24. The molecule has 8 nitrogen and oxygen atoms in total. The molecule has 208 valence electrons. The van der Waals surface area contributed by atoms with Crippen LogP contribution < -0.4 is 14.2 Å². The van der Waals surface area contributed by atoms with Gasteiger partial charge in [-0.3, -0.25) is 9.69 Å². The van der Waals surface area contributed by atoms with Gasteiger partial charge in [-0.05, 0) is 68.0 Å². The largest absolute Gasteiger partial charge is 0.493 e. The van der Waals surface area contributed by atoms with Gasteiger partial charge in [-0.1, -0.05) is 24.6 Å². The molecular weight excluding hydrogens is 484 g/mol. The van der Waals surface area contributed by atoms with Gasteiger partial charge in [-0.2, -0.15) is 0 Å². The Balaban J connectivity index is 1.29. The molecule has 0 aliphatic carbocycles. The number of β-amino-alcohol motifs (C(OH)–C–C–N with tert-alkyl or cyclic N) is 1. The lowest BCUT2D eigenvalue weighted by atomic mass is 9.90. The number of hydrogen-bond acceptors (Lipinski definition) is 7. The second-order valence-corrected chi connectivity index (χ2v) is 10.6. The first-order chi connectivity index (χ1) is 18.4. The van der Waals surface area contributed by atoms with Gasteiger partial charge in [-0.25, -0.2) is 0 Å². The lowest BCUT2D eigenvalue weighted by Gasteiger charge is -2.42. The van der Waals surface area contributed by atoms with Crippen LogP contribution in [-0.2, 0) is 11.3 Å². The number of carbonyl (C=O) groups is 1. The highest BCUT2D eigenvalue weighted by molar-refractivity contribution is 5.76. The standard InChI is InChI=1S/C30H42N2O6/c1-23-8-6-9-25(18-23)38-22-30(35)21-31(16-13-28(30)33)20-24-11-12-26(27(19-24)36-2)37-17-7-15-32-14-5-3-4-10-29(32)34/h6,8-9,11-12,18-19,28,33,35H,3-5,7,10,13-17,20-22H2,1-2H3/t28-,30-/m0/s1. The van der Waals surface area contributed by atoms with Crippen LogP contribution in [0, 0.1) is 6.92 Å². The summed E-state index contributed by atoms with van der Waals surface area (Å²) in [7, 11) is 1.63. The maximum absolute atomic E-state index is 12.2. The highest BCUT2D eigenvalue weighted by atomic mass is 16.5. The Bertz CT molecular complexity index is 1060. The van der Waals surface area contributed by atoms with Crippen molar-refractivity contribution < 1.29 is 29.2 Å². The van der Waals surface area contributed by atoms with Crippen LogP contribution in [0.3, 0.4) is 0 Å². The number of ether oxygens (including phenoxy) is 3. The average molecular weight is 527 g/mol. The fourth-order valence-corrected chi connectivity index (χ4v) is 5.24. The lowest BCUT2D eigenvalue weighted by Crippen LogP contribution is -2.59. The Hall–Kier alpha value is -2.81. The molecule has 4 rings (SSSR count). The third-order valence-corrected chi connectivity index (χ3v) is 7.45. The predicted octanol–water partition coefficient (Wildman–Crippen LogP) is 3.55. The van der Waals surface area contributed by atoms with Gasteiger partial charge < -0.3 is 29.3 Å². The topological polar surface area (TPSA) is 91.7 Å². The number of likely N-dealkylation sites (tertiary alicyclic amines) is 2. The summed E-state index contributed by atoms with van der Waals surface area (Å²) in [6.07, 6.45) is 4.24. The SMILES string of the molecule is COc1cc(CN2CC[C@H](O)[C@@](O)(COc3cccc(C)c3)C2)ccc1OCCCN1CCCCCC1=O. The molecule has 2 aromatic rings. The van der Waals surface area contributed by atoms with Crippen LogP contribution in [0.25, 0.3) is 0 Å². The zero-order chi connectivity index (χ0) is 27.0. The van der Waals surface area contributed by atoms with Gasteiger partial charge in [0.25, 0.3) is 0 Å². The van der Waals surface area contributed by atoms with Crippen LogP contribution in [0.1, 0.15) is 49.7 Å². The molecular formula is C30H42N2O6. The molecule has 38 heavy (non-hydrogen) atoms. The fraction of sp³-hybridized carbons (Fsp3) is 0.567. The van der Waals surface area contributed by atoms with Crippen LogP contribution in [-0.4, -0.2) is 84.1 Å². The summed E-state index contributed by atoms with van der Waals surface area (Å²) in [5, 5.41) is 21.8. The average Bonchev–Trinajstić information content (AvgIpc) is 3.12. The van der Waals surface area contributed by atoms with Gasteiger partial charge in [0.1, 0.15) is 18.0 Å². The minimum atomic E-state index is -1.36. The van der Waals surface area contributed by atoms with Gasteiger partial charge >= 0.3 is 0 Å². The minimum absolute atomic E-state index is 0.0211. The third-order valence-electron chi connectivity index (χ3n) is 7.45. The number of methoxy groups -OCH3 is 1. The van der Waals surface area contributed by atoms with Crippen molar-refractivity contribution >= 4 is 5.91 Å². The van der Waals surface area contributed by atoms with Crippen LogP contribution in [0.5, 0.6) is 17.2 Å². The van der Waals surface area contributed by atoms with E-state index in [0.717, 1.165) is 49.9 Å². The molecule has 0 unspecified atom stereocenters. The zero-order valence-corrected chi connectivity index (χ0v) is 22.7. The highest BCUT2D eigenvalue weighted by Crippen LogP contribution is 2.30. The van der Waals surface area contributed by atoms with Gasteiger partial charge in [-0.15, -0.1) is 0 Å². The number of piperidine rings is 1. The first kappa shape index (κ1) is 28.2.